The Morgan fingerprint density at radius 3 is 3.00 bits per heavy atom. The largest absolute Gasteiger partial charge is 0.338 e. The van der Waals surface area contributed by atoms with E-state index >= 15 is 0 Å². The number of nitrogens with one attached hydrogen (secondary N) is 1. The highest BCUT2D eigenvalue weighted by molar-refractivity contribution is 5.87. The number of likely N-dealkylation sites (N-methyl/N-ethyl adjacent to an activating group) is 1. The highest BCUT2D eigenvalue weighted by atomic mass is 16.2. The minimum Gasteiger partial charge on any atom is -0.338 e. The zero-order valence-corrected chi connectivity index (χ0v) is 6.84. The number of likely N-dealkylation sites (tertiary alicyclic amines) is 1. The molecule has 1 heterocycles. The minimum atomic E-state index is 0.0442. The standard InChI is InChI=1S/C8H14N2O/c1-3-8(11)10-5-4-7(6-10)9-2/h3,7,9H,1,4-6H2,2H3. The molecule has 0 saturated carbocycles. The molecule has 0 aromatic carbocycles. The van der Waals surface area contributed by atoms with E-state index in [2.05, 4.69) is 11.9 Å². The summed E-state index contributed by atoms with van der Waals surface area (Å²) in [5.41, 5.74) is 0. The highest BCUT2D eigenvalue weighted by Crippen LogP contribution is 2.08. The number of hydrogen-bond donors (Lipinski definition) is 1. The normalized spacial score (nSPS) is 23.7. The van der Waals surface area contributed by atoms with E-state index in [9.17, 15) is 4.79 Å². The lowest BCUT2D eigenvalue weighted by atomic mass is 10.3. The molecule has 1 aliphatic rings. The lowest BCUT2D eigenvalue weighted by Gasteiger charge is -2.13. The van der Waals surface area contributed by atoms with Gasteiger partial charge in [-0.1, -0.05) is 6.58 Å². The van der Waals surface area contributed by atoms with E-state index in [1.807, 2.05) is 11.9 Å². The number of nitrogens with zero attached hydrogens (tertiary/aromatic N) is 1. The molecule has 1 atom stereocenters. The Labute approximate surface area is 67.1 Å². The summed E-state index contributed by atoms with van der Waals surface area (Å²) < 4.78 is 0. The second kappa shape index (κ2) is 3.53. The quantitative estimate of drug-likeness (QED) is 0.567. The molecule has 1 rings (SSSR count). The van der Waals surface area contributed by atoms with Crippen LogP contribution in [0.15, 0.2) is 12.7 Å². The second-order valence-electron chi connectivity index (χ2n) is 2.76. The molecule has 1 unspecified atom stereocenters. The Balaban J connectivity index is 2.41. The van der Waals surface area contributed by atoms with Crippen LogP contribution in [0.4, 0.5) is 0 Å². The topological polar surface area (TPSA) is 32.3 Å². The summed E-state index contributed by atoms with van der Waals surface area (Å²) in [5.74, 6) is 0.0442. The van der Waals surface area contributed by atoms with Crippen LogP contribution in [0.25, 0.3) is 0 Å². The molecule has 11 heavy (non-hydrogen) atoms. The van der Waals surface area contributed by atoms with Crippen LogP contribution in [-0.4, -0.2) is 37.0 Å². The zero-order valence-electron chi connectivity index (χ0n) is 6.84. The van der Waals surface area contributed by atoms with Crippen molar-refractivity contribution in [1.29, 1.82) is 0 Å². The van der Waals surface area contributed by atoms with Gasteiger partial charge in [-0.3, -0.25) is 4.79 Å². The summed E-state index contributed by atoms with van der Waals surface area (Å²) in [4.78, 5) is 12.9. The highest BCUT2D eigenvalue weighted by Gasteiger charge is 2.22. The van der Waals surface area contributed by atoms with Crippen molar-refractivity contribution in [3.8, 4) is 0 Å². The van der Waals surface area contributed by atoms with Crippen molar-refractivity contribution in [3.05, 3.63) is 12.7 Å². The molecule has 1 saturated heterocycles. The number of rotatable bonds is 2. The van der Waals surface area contributed by atoms with Crippen molar-refractivity contribution in [2.75, 3.05) is 20.1 Å². The van der Waals surface area contributed by atoms with Gasteiger partial charge in [-0.15, -0.1) is 0 Å². The SMILES string of the molecule is C=CC(=O)N1CCC(NC)C1. The summed E-state index contributed by atoms with van der Waals surface area (Å²) in [6, 6.07) is 0.471. The van der Waals surface area contributed by atoms with E-state index in [0.29, 0.717) is 6.04 Å². The first-order chi connectivity index (χ1) is 5.27. The predicted octanol–water partition coefficient (Wildman–Crippen LogP) is -0.00730. The van der Waals surface area contributed by atoms with Crippen LogP contribution in [0.3, 0.4) is 0 Å². The van der Waals surface area contributed by atoms with Crippen molar-refractivity contribution < 1.29 is 4.79 Å². The summed E-state index contributed by atoms with van der Waals surface area (Å²) in [7, 11) is 1.92. The van der Waals surface area contributed by atoms with Crippen molar-refractivity contribution in [1.82, 2.24) is 10.2 Å². The van der Waals surface area contributed by atoms with Gasteiger partial charge in [-0.2, -0.15) is 0 Å². The molecular weight excluding hydrogens is 140 g/mol. The maximum Gasteiger partial charge on any atom is 0.246 e. The van der Waals surface area contributed by atoms with Gasteiger partial charge in [0.25, 0.3) is 0 Å². The van der Waals surface area contributed by atoms with Gasteiger partial charge < -0.3 is 10.2 Å². The van der Waals surface area contributed by atoms with Crippen LogP contribution >= 0.6 is 0 Å². The van der Waals surface area contributed by atoms with Crippen LogP contribution in [0.2, 0.25) is 0 Å². The maximum absolute atomic E-state index is 11.1. The monoisotopic (exact) mass is 154 g/mol. The predicted molar refractivity (Wildman–Crippen MR) is 44.2 cm³/mol. The van der Waals surface area contributed by atoms with Crippen LogP contribution in [0.5, 0.6) is 0 Å². The first-order valence-corrected chi connectivity index (χ1v) is 3.86. The first kappa shape index (κ1) is 8.27. The molecule has 0 spiro atoms. The van der Waals surface area contributed by atoms with Crippen LogP contribution in [-0.2, 0) is 4.79 Å². The molecule has 1 aliphatic heterocycles. The molecule has 1 fully saturated rings. The average molecular weight is 154 g/mol. The molecular formula is C8H14N2O. The third-order valence-corrected chi connectivity index (χ3v) is 2.08. The number of carbonyl (C=O) groups excluding carboxylic acids is 1. The fourth-order valence-electron chi connectivity index (χ4n) is 1.33. The molecule has 62 valence electrons. The minimum absolute atomic E-state index is 0.0442. The molecule has 0 aromatic heterocycles. The molecule has 0 radical (unpaired) electrons. The third kappa shape index (κ3) is 1.80. The van der Waals surface area contributed by atoms with E-state index in [1.165, 1.54) is 6.08 Å². The van der Waals surface area contributed by atoms with Gasteiger partial charge >= 0.3 is 0 Å². The number of hydrogen-bond acceptors (Lipinski definition) is 2. The lowest BCUT2D eigenvalue weighted by Crippen LogP contribution is -2.32. The van der Waals surface area contributed by atoms with E-state index in [4.69, 9.17) is 0 Å². The number of carbonyl (C=O) groups is 1. The Bertz CT molecular complexity index is 167. The van der Waals surface area contributed by atoms with Crippen molar-refractivity contribution >= 4 is 5.91 Å². The van der Waals surface area contributed by atoms with Crippen LogP contribution in [0, 0.1) is 0 Å². The first-order valence-electron chi connectivity index (χ1n) is 3.86. The number of amides is 1. The Hall–Kier alpha value is -0.830. The lowest BCUT2D eigenvalue weighted by molar-refractivity contribution is -0.125. The smallest absolute Gasteiger partial charge is 0.246 e. The van der Waals surface area contributed by atoms with E-state index in [1.54, 1.807) is 0 Å². The second-order valence-corrected chi connectivity index (χ2v) is 2.76. The van der Waals surface area contributed by atoms with Crippen molar-refractivity contribution in [2.45, 2.75) is 12.5 Å². The molecule has 0 aromatic rings. The molecule has 3 heteroatoms. The summed E-state index contributed by atoms with van der Waals surface area (Å²) in [6.45, 7) is 5.12. The van der Waals surface area contributed by atoms with Gasteiger partial charge in [0.05, 0.1) is 0 Å². The summed E-state index contributed by atoms with van der Waals surface area (Å²) in [6.07, 6.45) is 2.42. The fourth-order valence-corrected chi connectivity index (χ4v) is 1.33. The Morgan fingerprint density at radius 1 is 1.82 bits per heavy atom. The maximum atomic E-state index is 11.1. The Kier molecular flexibility index (Phi) is 2.65. The summed E-state index contributed by atoms with van der Waals surface area (Å²) >= 11 is 0. The van der Waals surface area contributed by atoms with Gasteiger partial charge in [-0.05, 0) is 19.5 Å². The van der Waals surface area contributed by atoms with Gasteiger partial charge in [0.2, 0.25) is 5.91 Å². The van der Waals surface area contributed by atoms with Crippen LogP contribution in [0.1, 0.15) is 6.42 Å². The van der Waals surface area contributed by atoms with E-state index < -0.39 is 0 Å². The van der Waals surface area contributed by atoms with Gasteiger partial charge in [0.15, 0.2) is 0 Å². The van der Waals surface area contributed by atoms with Gasteiger partial charge in [0, 0.05) is 19.1 Å². The fraction of sp³-hybridized carbons (Fsp3) is 0.625. The van der Waals surface area contributed by atoms with Gasteiger partial charge in [0.1, 0.15) is 0 Å². The van der Waals surface area contributed by atoms with E-state index in [-0.39, 0.29) is 5.91 Å². The van der Waals surface area contributed by atoms with E-state index in [0.717, 1.165) is 19.5 Å². The molecule has 1 amide bonds. The molecule has 3 nitrogen and oxygen atoms in total. The van der Waals surface area contributed by atoms with Crippen LogP contribution < -0.4 is 5.32 Å². The summed E-state index contributed by atoms with van der Waals surface area (Å²) in [5, 5.41) is 3.14. The zero-order chi connectivity index (χ0) is 8.27. The van der Waals surface area contributed by atoms with Gasteiger partial charge in [-0.25, -0.2) is 0 Å². The van der Waals surface area contributed by atoms with Crippen molar-refractivity contribution in [3.63, 3.8) is 0 Å². The molecule has 0 aliphatic carbocycles. The third-order valence-electron chi connectivity index (χ3n) is 2.08. The van der Waals surface area contributed by atoms with Crippen molar-refractivity contribution in [2.24, 2.45) is 0 Å². The molecule has 0 bridgehead atoms. The molecule has 1 N–H and O–H groups in total. The average Bonchev–Trinajstić information content (AvgIpc) is 2.50. The Morgan fingerprint density at radius 2 is 2.55 bits per heavy atom.